The van der Waals surface area contributed by atoms with Crippen molar-refractivity contribution in [3.05, 3.63) is 54.1 Å². The third-order valence-electron chi connectivity index (χ3n) is 3.09. The average molecular weight is 356 g/mol. The largest absolute Gasteiger partial charge is 0.302 e. The first-order valence-electron chi connectivity index (χ1n) is 6.55. The van der Waals surface area contributed by atoms with Gasteiger partial charge in [0, 0.05) is 11.6 Å². The van der Waals surface area contributed by atoms with Crippen LogP contribution in [0.15, 0.2) is 42.5 Å². The fourth-order valence-electron chi connectivity index (χ4n) is 1.87. The molecular formula is C15H14F2N2O2S2. The van der Waals surface area contributed by atoms with Crippen molar-refractivity contribution >= 4 is 33.0 Å². The molecule has 4 nitrogen and oxygen atoms in total. The minimum atomic E-state index is -3.91. The second-order valence-electron chi connectivity index (χ2n) is 4.65. The maximum Gasteiger partial charge on any atom is 0.245 e. The highest BCUT2D eigenvalue weighted by Gasteiger charge is 2.23. The molecule has 122 valence electrons. The number of halogens is 2. The second-order valence-corrected chi connectivity index (χ2v) is 8.16. The monoisotopic (exact) mass is 356 g/mol. The van der Waals surface area contributed by atoms with Crippen molar-refractivity contribution in [1.29, 1.82) is 5.41 Å². The van der Waals surface area contributed by atoms with E-state index >= 15 is 0 Å². The maximum atomic E-state index is 14.0. The number of benzene rings is 2. The van der Waals surface area contributed by atoms with Gasteiger partial charge in [-0.1, -0.05) is 42.1 Å². The number of sulfonamides is 1. The van der Waals surface area contributed by atoms with Gasteiger partial charge in [-0.2, -0.15) is 0 Å². The number of anilines is 1. The molecule has 0 amide bonds. The molecule has 0 heterocycles. The van der Waals surface area contributed by atoms with Gasteiger partial charge in [0.15, 0.2) is 0 Å². The first kappa shape index (κ1) is 17.4. The lowest BCUT2D eigenvalue weighted by molar-refractivity contribution is 0.584. The van der Waals surface area contributed by atoms with Crippen LogP contribution in [0.4, 0.5) is 14.5 Å². The third kappa shape index (κ3) is 4.08. The third-order valence-corrected chi connectivity index (χ3v) is 6.08. The summed E-state index contributed by atoms with van der Waals surface area (Å²) in [5.74, 6) is -1.78. The first-order valence-corrected chi connectivity index (χ1v) is 9.04. The topological polar surface area (TPSA) is 70.0 Å². The second kappa shape index (κ2) is 7.10. The van der Waals surface area contributed by atoms with E-state index in [1.54, 1.807) is 30.3 Å². The number of hydrogen-bond acceptors (Lipinski definition) is 4. The summed E-state index contributed by atoms with van der Waals surface area (Å²) in [4.78, 5) is 0. The molecule has 2 aromatic carbocycles. The summed E-state index contributed by atoms with van der Waals surface area (Å²) in [6.07, 6.45) is 0. The predicted molar refractivity (Wildman–Crippen MR) is 90.2 cm³/mol. The molecule has 0 aliphatic heterocycles. The molecule has 0 aromatic heterocycles. The molecule has 0 saturated carbocycles. The Bertz CT molecular complexity index is 812. The van der Waals surface area contributed by atoms with Crippen LogP contribution < -0.4 is 4.72 Å². The number of thioether (sulfide) groups is 1. The van der Waals surface area contributed by atoms with Crippen molar-refractivity contribution in [2.45, 2.75) is 11.5 Å². The van der Waals surface area contributed by atoms with Gasteiger partial charge in [-0.25, -0.2) is 17.2 Å². The average Bonchev–Trinajstić information content (AvgIpc) is 2.51. The zero-order chi connectivity index (χ0) is 17.0. The lowest BCUT2D eigenvalue weighted by Gasteiger charge is -2.14. The molecule has 1 unspecified atom stereocenters. The molecule has 8 heteroatoms. The first-order chi connectivity index (χ1) is 10.8. The van der Waals surface area contributed by atoms with Crippen LogP contribution in [0.1, 0.15) is 6.92 Å². The molecule has 0 radical (unpaired) electrons. The summed E-state index contributed by atoms with van der Waals surface area (Å²) in [6.45, 7) is 1.37. The van der Waals surface area contributed by atoms with Gasteiger partial charge in [-0.05, 0) is 18.6 Å². The Hall–Kier alpha value is -1.93. The minimum absolute atomic E-state index is 0.0945. The Kier molecular flexibility index (Phi) is 5.38. The SMILES string of the molecule is CC(SC=N)S(=O)(=O)Nc1cc(-c2ccccc2)c(F)cc1F. The van der Waals surface area contributed by atoms with Crippen LogP contribution in [0.25, 0.3) is 11.1 Å². The van der Waals surface area contributed by atoms with E-state index in [-0.39, 0.29) is 11.3 Å². The molecule has 0 aliphatic rings. The summed E-state index contributed by atoms with van der Waals surface area (Å²) >= 11 is 0.762. The maximum absolute atomic E-state index is 14.0. The van der Waals surface area contributed by atoms with Crippen molar-refractivity contribution < 1.29 is 17.2 Å². The summed E-state index contributed by atoms with van der Waals surface area (Å²) in [5, 5.41) is 6.93. The summed E-state index contributed by atoms with van der Waals surface area (Å²) in [7, 11) is -3.91. The molecule has 0 bridgehead atoms. The Morgan fingerprint density at radius 1 is 1.17 bits per heavy atom. The van der Waals surface area contributed by atoms with Crippen LogP contribution >= 0.6 is 11.8 Å². The smallest absolute Gasteiger partial charge is 0.245 e. The molecule has 0 fully saturated rings. The molecule has 1 atom stereocenters. The number of rotatable bonds is 6. The van der Waals surface area contributed by atoms with Crippen LogP contribution in [0.2, 0.25) is 0 Å². The van der Waals surface area contributed by atoms with Gasteiger partial charge in [0.1, 0.15) is 16.2 Å². The van der Waals surface area contributed by atoms with Gasteiger partial charge in [0.2, 0.25) is 10.0 Å². The van der Waals surface area contributed by atoms with Crippen LogP contribution in [0.5, 0.6) is 0 Å². The number of nitrogens with one attached hydrogen (secondary N) is 2. The van der Waals surface area contributed by atoms with E-state index in [1.165, 1.54) is 6.92 Å². The van der Waals surface area contributed by atoms with E-state index in [2.05, 4.69) is 4.72 Å². The minimum Gasteiger partial charge on any atom is -0.302 e. The van der Waals surface area contributed by atoms with Gasteiger partial charge >= 0.3 is 0 Å². The highest BCUT2D eigenvalue weighted by atomic mass is 32.3. The molecule has 0 aliphatic carbocycles. The number of hydrogen-bond donors (Lipinski definition) is 2. The van der Waals surface area contributed by atoms with E-state index in [4.69, 9.17) is 5.41 Å². The van der Waals surface area contributed by atoms with Crippen molar-refractivity contribution in [3.63, 3.8) is 0 Å². The van der Waals surface area contributed by atoms with Gasteiger partial charge in [-0.3, -0.25) is 4.72 Å². The highest BCUT2D eigenvalue weighted by molar-refractivity contribution is 8.21. The lowest BCUT2D eigenvalue weighted by atomic mass is 10.0. The normalized spacial score (nSPS) is 12.7. The fourth-order valence-corrected chi connectivity index (χ4v) is 3.59. The van der Waals surface area contributed by atoms with Crippen LogP contribution in [0, 0.1) is 17.0 Å². The summed E-state index contributed by atoms with van der Waals surface area (Å²) in [5.41, 5.74) is 1.16. The van der Waals surface area contributed by atoms with E-state index in [0.717, 1.165) is 23.4 Å². The zero-order valence-electron chi connectivity index (χ0n) is 12.1. The Labute approximate surface area is 137 Å². The molecule has 0 saturated heterocycles. The van der Waals surface area contributed by atoms with Gasteiger partial charge in [0.05, 0.1) is 11.2 Å². The standard InChI is InChI=1S/C15H14F2N2O2S2/c1-10(22-9-18)23(20,21)19-15-7-12(13(16)8-14(15)17)11-5-3-2-4-6-11/h2-10,18-19H,1H3. The van der Waals surface area contributed by atoms with Gasteiger partial charge in [-0.15, -0.1) is 0 Å². The molecular weight excluding hydrogens is 342 g/mol. The van der Waals surface area contributed by atoms with Gasteiger partial charge < -0.3 is 5.41 Å². The summed E-state index contributed by atoms with van der Waals surface area (Å²) in [6, 6.07) is 10.2. The highest BCUT2D eigenvalue weighted by Crippen LogP contribution is 2.29. The Morgan fingerprint density at radius 2 is 1.83 bits per heavy atom. The van der Waals surface area contributed by atoms with E-state index in [9.17, 15) is 17.2 Å². The van der Waals surface area contributed by atoms with Crippen LogP contribution in [-0.2, 0) is 10.0 Å². The molecule has 2 N–H and O–H groups in total. The van der Waals surface area contributed by atoms with E-state index in [1.807, 2.05) is 0 Å². The predicted octanol–water partition coefficient (Wildman–Crippen LogP) is 4.06. The Morgan fingerprint density at radius 3 is 2.43 bits per heavy atom. The van der Waals surface area contributed by atoms with Crippen LogP contribution in [-0.4, -0.2) is 18.5 Å². The zero-order valence-corrected chi connectivity index (χ0v) is 13.7. The quantitative estimate of drug-likeness (QED) is 0.606. The molecule has 2 aromatic rings. The van der Waals surface area contributed by atoms with E-state index in [0.29, 0.717) is 11.6 Å². The van der Waals surface area contributed by atoms with E-state index < -0.39 is 26.2 Å². The molecule has 23 heavy (non-hydrogen) atoms. The molecule has 2 rings (SSSR count). The van der Waals surface area contributed by atoms with Crippen molar-refractivity contribution in [2.24, 2.45) is 0 Å². The van der Waals surface area contributed by atoms with Crippen molar-refractivity contribution in [3.8, 4) is 11.1 Å². The van der Waals surface area contributed by atoms with Gasteiger partial charge in [0.25, 0.3) is 0 Å². The summed E-state index contributed by atoms with van der Waals surface area (Å²) < 4.78 is 53.2. The molecule has 0 spiro atoms. The Balaban J connectivity index is 2.42. The lowest BCUT2D eigenvalue weighted by Crippen LogP contribution is -2.23. The van der Waals surface area contributed by atoms with Crippen LogP contribution in [0.3, 0.4) is 0 Å². The van der Waals surface area contributed by atoms with Crippen molar-refractivity contribution in [1.82, 2.24) is 0 Å². The van der Waals surface area contributed by atoms with Crippen molar-refractivity contribution in [2.75, 3.05) is 4.72 Å². The fraction of sp³-hybridized carbons (Fsp3) is 0.133.